The maximum absolute atomic E-state index is 12.7. The van der Waals surface area contributed by atoms with Crippen molar-refractivity contribution in [1.82, 2.24) is 10.2 Å². The minimum Gasteiger partial charge on any atom is -0.496 e. The number of amides is 1. The van der Waals surface area contributed by atoms with Crippen LogP contribution in [0.4, 0.5) is 0 Å². The number of nitrogens with zero attached hydrogens (tertiary/aromatic N) is 1. The van der Waals surface area contributed by atoms with Crippen LogP contribution in [0, 0.1) is 6.92 Å². The Balaban J connectivity index is 0.00000225. The van der Waals surface area contributed by atoms with Crippen LogP contribution in [-0.4, -0.2) is 37.6 Å². The number of likely N-dealkylation sites (tertiary alicyclic amines) is 1. The molecule has 1 fully saturated rings. The average Bonchev–Trinajstić information content (AvgIpc) is 2.75. The number of nitrogens with two attached hydrogens (primary N) is 1. The van der Waals surface area contributed by atoms with Gasteiger partial charge in [0.25, 0.3) is 0 Å². The summed E-state index contributed by atoms with van der Waals surface area (Å²) in [6.07, 6.45) is 3.63. The maximum Gasteiger partial charge on any atom is 0.241 e. The predicted molar refractivity (Wildman–Crippen MR) is 127 cm³/mol. The number of piperidine rings is 1. The zero-order chi connectivity index (χ0) is 19.9. The summed E-state index contributed by atoms with van der Waals surface area (Å²) in [6, 6.07) is 15.3. The highest BCUT2D eigenvalue weighted by Gasteiger charge is 2.26. The normalized spacial score (nSPS) is 15.8. The lowest BCUT2D eigenvalue weighted by atomic mass is 10.00. The van der Waals surface area contributed by atoms with E-state index in [0.717, 1.165) is 35.5 Å². The van der Waals surface area contributed by atoms with Crippen LogP contribution in [0.1, 0.15) is 48.0 Å². The molecule has 30 heavy (non-hydrogen) atoms. The van der Waals surface area contributed by atoms with Gasteiger partial charge in [0, 0.05) is 12.1 Å². The molecule has 1 heterocycles. The molecule has 2 atom stereocenters. The third-order valence-electron chi connectivity index (χ3n) is 5.52. The second kappa shape index (κ2) is 12.8. The van der Waals surface area contributed by atoms with Crippen LogP contribution in [0.3, 0.4) is 0 Å². The molecule has 0 radical (unpaired) electrons. The largest absolute Gasteiger partial charge is 0.496 e. The Morgan fingerprint density at radius 2 is 1.70 bits per heavy atom. The summed E-state index contributed by atoms with van der Waals surface area (Å²) < 4.78 is 5.59. The van der Waals surface area contributed by atoms with E-state index in [0.29, 0.717) is 6.54 Å². The number of hydrogen-bond donors (Lipinski definition) is 2. The number of para-hydroxylation sites is 1. The number of aryl methyl sites for hydroxylation is 1. The molecule has 2 aromatic rings. The van der Waals surface area contributed by atoms with Crippen LogP contribution in [0.15, 0.2) is 48.5 Å². The van der Waals surface area contributed by atoms with Gasteiger partial charge in [0.05, 0.1) is 13.2 Å². The minimum atomic E-state index is -0.666. The van der Waals surface area contributed by atoms with Gasteiger partial charge in [-0.3, -0.25) is 9.69 Å². The van der Waals surface area contributed by atoms with Crippen molar-refractivity contribution in [3.8, 4) is 5.75 Å². The number of nitrogens with one attached hydrogen (secondary N) is 1. The number of carbonyl (C=O) groups excluding carboxylic acids is 1. The maximum atomic E-state index is 12.7. The summed E-state index contributed by atoms with van der Waals surface area (Å²) in [7, 11) is 1.69. The first-order valence-corrected chi connectivity index (χ1v) is 10.1. The summed E-state index contributed by atoms with van der Waals surface area (Å²) in [5.74, 6) is 0.705. The van der Waals surface area contributed by atoms with Crippen molar-refractivity contribution in [3.63, 3.8) is 0 Å². The zero-order valence-corrected chi connectivity index (χ0v) is 19.3. The molecular formula is C23H33Cl2N3O2. The molecule has 1 saturated heterocycles. The number of hydrogen-bond acceptors (Lipinski definition) is 4. The molecule has 0 saturated carbocycles. The summed E-state index contributed by atoms with van der Waals surface area (Å²) in [4.78, 5) is 15.2. The molecule has 0 bridgehead atoms. The smallest absolute Gasteiger partial charge is 0.241 e. The molecule has 1 amide bonds. The van der Waals surface area contributed by atoms with Gasteiger partial charge in [-0.25, -0.2) is 0 Å². The van der Waals surface area contributed by atoms with Crippen LogP contribution in [0.2, 0.25) is 0 Å². The molecule has 5 nitrogen and oxygen atoms in total. The van der Waals surface area contributed by atoms with E-state index in [9.17, 15) is 4.79 Å². The fourth-order valence-corrected chi connectivity index (χ4v) is 3.84. The first-order chi connectivity index (χ1) is 13.6. The molecule has 3 rings (SSSR count). The number of methoxy groups -OCH3 is 1. The van der Waals surface area contributed by atoms with E-state index in [-0.39, 0.29) is 36.8 Å². The predicted octanol–water partition coefficient (Wildman–Crippen LogP) is 4.19. The SMILES string of the molecule is COc1ccccc1C(CNC(=O)C(N)c1ccc(C)cc1)N1CCCCC1.Cl.Cl. The molecule has 166 valence electrons. The lowest BCUT2D eigenvalue weighted by molar-refractivity contribution is -0.122. The monoisotopic (exact) mass is 453 g/mol. The van der Waals surface area contributed by atoms with Crippen LogP contribution < -0.4 is 15.8 Å². The van der Waals surface area contributed by atoms with Gasteiger partial charge >= 0.3 is 0 Å². The first kappa shape index (κ1) is 26.2. The number of benzene rings is 2. The van der Waals surface area contributed by atoms with E-state index in [2.05, 4.69) is 16.3 Å². The van der Waals surface area contributed by atoms with E-state index < -0.39 is 6.04 Å². The number of ether oxygens (including phenoxy) is 1. The lowest BCUT2D eigenvalue weighted by Crippen LogP contribution is -2.43. The molecule has 1 aliphatic rings. The van der Waals surface area contributed by atoms with Crippen molar-refractivity contribution < 1.29 is 9.53 Å². The fraction of sp³-hybridized carbons (Fsp3) is 0.435. The third kappa shape index (κ3) is 6.61. The Kier molecular flexibility index (Phi) is 11.2. The zero-order valence-electron chi connectivity index (χ0n) is 17.7. The second-order valence-corrected chi connectivity index (χ2v) is 7.49. The van der Waals surface area contributed by atoms with Crippen molar-refractivity contribution in [1.29, 1.82) is 0 Å². The second-order valence-electron chi connectivity index (χ2n) is 7.49. The highest BCUT2D eigenvalue weighted by Crippen LogP contribution is 2.31. The molecule has 0 spiro atoms. The van der Waals surface area contributed by atoms with Gasteiger partial charge in [0.2, 0.25) is 5.91 Å². The molecule has 2 unspecified atom stereocenters. The Labute approximate surface area is 192 Å². The highest BCUT2D eigenvalue weighted by molar-refractivity contribution is 5.85. The molecular weight excluding hydrogens is 421 g/mol. The first-order valence-electron chi connectivity index (χ1n) is 10.1. The van der Waals surface area contributed by atoms with E-state index in [1.165, 1.54) is 19.3 Å². The highest BCUT2D eigenvalue weighted by atomic mass is 35.5. The van der Waals surface area contributed by atoms with Crippen LogP contribution >= 0.6 is 24.8 Å². The molecule has 1 aliphatic heterocycles. The van der Waals surface area contributed by atoms with Crippen LogP contribution in [0.25, 0.3) is 0 Å². The summed E-state index contributed by atoms with van der Waals surface area (Å²) >= 11 is 0. The van der Waals surface area contributed by atoms with E-state index in [1.54, 1.807) is 7.11 Å². The summed E-state index contributed by atoms with van der Waals surface area (Å²) in [6.45, 7) is 4.59. The lowest BCUT2D eigenvalue weighted by Gasteiger charge is -2.35. The van der Waals surface area contributed by atoms with E-state index in [4.69, 9.17) is 10.5 Å². The molecule has 2 aromatic carbocycles. The minimum absolute atomic E-state index is 0. The van der Waals surface area contributed by atoms with E-state index >= 15 is 0 Å². The third-order valence-corrected chi connectivity index (χ3v) is 5.52. The van der Waals surface area contributed by atoms with Crippen molar-refractivity contribution >= 4 is 30.7 Å². The van der Waals surface area contributed by atoms with Crippen molar-refractivity contribution in [3.05, 3.63) is 65.2 Å². The molecule has 0 aromatic heterocycles. The Morgan fingerprint density at radius 3 is 2.33 bits per heavy atom. The van der Waals surface area contributed by atoms with Gasteiger partial charge in [0.1, 0.15) is 11.8 Å². The summed E-state index contributed by atoms with van der Waals surface area (Å²) in [5.41, 5.74) is 9.28. The van der Waals surface area contributed by atoms with Gasteiger partial charge < -0.3 is 15.8 Å². The van der Waals surface area contributed by atoms with Crippen molar-refractivity contribution in [2.24, 2.45) is 5.73 Å². The van der Waals surface area contributed by atoms with Gasteiger partial charge in [0.15, 0.2) is 0 Å². The Hall–Kier alpha value is -1.79. The van der Waals surface area contributed by atoms with Gasteiger partial charge in [-0.2, -0.15) is 0 Å². The van der Waals surface area contributed by atoms with E-state index in [1.807, 2.05) is 49.4 Å². The number of rotatable bonds is 7. The van der Waals surface area contributed by atoms with Crippen molar-refractivity contribution in [2.45, 2.75) is 38.3 Å². The van der Waals surface area contributed by atoms with Gasteiger partial charge in [-0.05, 0) is 44.5 Å². The quantitative estimate of drug-likeness (QED) is 0.659. The average molecular weight is 454 g/mol. The van der Waals surface area contributed by atoms with Gasteiger partial charge in [-0.1, -0.05) is 54.4 Å². The topological polar surface area (TPSA) is 67.6 Å². The standard InChI is InChI=1S/C23H31N3O2.2ClH/c1-17-10-12-18(13-11-17)22(24)23(27)25-16-20(26-14-6-3-7-15-26)19-8-4-5-9-21(19)28-2;;/h4-5,8-13,20,22H,3,6-7,14-16,24H2,1-2H3,(H,25,27);2*1H. The van der Waals surface area contributed by atoms with Crippen LogP contribution in [-0.2, 0) is 4.79 Å². The number of carbonyl (C=O) groups is 1. The molecule has 0 aliphatic carbocycles. The van der Waals surface area contributed by atoms with Crippen LogP contribution in [0.5, 0.6) is 5.75 Å². The molecule has 7 heteroatoms. The number of halogens is 2. The fourth-order valence-electron chi connectivity index (χ4n) is 3.84. The Bertz CT molecular complexity index is 780. The molecule has 3 N–H and O–H groups in total. The summed E-state index contributed by atoms with van der Waals surface area (Å²) in [5, 5.41) is 3.08. The Morgan fingerprint density at radius 1 is 1.07 bits per heavy atom. The van der Waals surface area contributed by atoms with Crippen molar-refractivity contribution in [2.75, 3.05) is 26.7 Å². The van der Waals surface area contributed by atoms with Gasteiger partial charge in [-0.15, -0.1) is 24.8 Å².